The van der Waals surface area contributed by atoms with Gasteiger partial charge in [0.05, 0.1) is 10.9 Å². The highest BCUT2D eigenvalue weighted by Crippen LogP contribution is 2.06. The van der Waals surface area contributed by atoms with E-state index in [4.69, 9.17) is 12.2 Å². The average molecular weight is 371 g/mol. The number of rotatable bonds is 6. The molecule has 0 bridgehead atoms. The first-order valence-electron chi connectivity index (χ1n) is 8.27. The summed E-state index contributed by atoms with van der Waals surface area (Å²) >= 11 is 5.22. The third-order valence-corrected chi connectivity index (χ3v) is 4.40. The first-order valence-corrected chi connectivity index (χ1v) is 8.68. The van der Waals surface area contributed by atoms with Crippen LogP contribution in [0.3, 0.4) is 0 Å². The number of aromatic nitrogens is 2. The van der Waals surface area contributed by atoms with Gasteiger partial charge in [0.2, 0.25) is 5.91 Å². The Bertz CT molecular complexity index is 1060. The number of fused-ring (bicyclic) bond motifs is 1. The van der Waals surface area contributed by atoms with Gasteiger partial charge in [-0.05, 0) is 48.5 Å². The van der Waals surface area contributed by atoms with Crippen molar-refractivity contribution >= 4 is 29.0 Å². The van der Waals surface area contributed by atoms with Crippen LogP contribution in [0.2, 0.25) is 0 Å². The van der Waals surface area contributed by atoms with Gasteiger partial charge in [-0.15, -0.1) is 0 Å². The third-order valence-electron chi connectivity index (χ3n) is 4.08. The first kappa shape index (κ1) is 18.0. The summed E-state index contributed by atoms with van der Waals surface area (Å²) in [6.45, 7) is 0.604. The van der Waals surface area contributed by atoms with Crippen molar-refractivity contribution < 1.29 is 9.18 Å². The number of hydrogen-bond donors (Lipinski definition) is 2. The smallest absolute Gasteiger partial charge is 0.262 e. The third kappa shape index (κ3) is 4.23. The van der Waals surface area contributed by atoms with Crippen LogP contribution in [0, 0.1) is 10.6 Å². The minimum absolute atomic E-state index is 0.138. The minimum Gasteiger partial charge on any atom is -0.356 e. The van der Waals surface area contributed by atoms with Crippen LogP contribution in [0.25, 0.3) is 10.9 Å². The summed E-state index contributed by atoms with van der Waals surface area (Å²) in [6, 6.07) is 13.4. The maximum Gasteiger partial charge on any atom is 0.262 e. The van der Waals surface area contributed by atoms with E-state index in [1.54, 1.807) is 24.3 Å². The van der Waals surface area contributed by atoms with Crippen LogP contribution in [0.1, 0.15) is 12.0 Å². The summed E-state index contributed by atoms with van der Waals surface area (Å²) in [5.74, 6) is -0.477. The van der Waals surface area contributed by atoms with Gasteiger partial charge in [0, 0.05) is 19.5 Å². The van der Waals surface area contributed by atoms with Gasteiger partial charge in [-0.3, -0.25) is 14.2 Å². The minimum atomic E-state index is -0.293. The number of para-hydroxylation sites is 1. The SMILES string of the molecule is O=C(CCn1c(=S)[nH]c2ccccc2c1=O)NCCc1cccc(F)c1. The predicted octanol–water partition coefficient (Wildman–Crippen LogP) is 2.95. The molecule has 2 N–H and O–H groups in total. The Morgan fingerprint density at radius 1 is 1.19 bits per heavy atom. The first-order chi connectivity index (χ1) is 12.5. The lowest BCUT2D eigenvalue weighted by molar-refractivity contribution is -0.121. The molecule has 0 saturated heterocycles. The van der Waals surface area contributed by atoms with Crippen LogP contribution < -0.4 is 10.9 Å². The second kappa shape index (κ2) is 8.05. The Kier molecular flexibility index (Phi) is 5.58. The number of hydrogen-bond acceptors (Lipinski definition) is 3. The predicted molar refractivity (Wildman–Crippen MR) is 101 cm³/mol. The van der Waals surface area contributed by atoms with Gasteiger partial charge >= 0.3 is 0 Å². The molecule has 2 aromatic carbocycles. The fraction of sp³-hybridized carbons (Fsp3) is 0.211. The molecule has 1 amide bonds. The van der Waals surface area contributed by atoms with Crippen molar-refractivity contribution in [2.45, 2.75) is 19.4 Å². The number of nitrogens with zero attached hydrogens (tertiary/aromatic N) is 1. The Hall–Kier alpha value is -2.80. The molecule has 1 aromatic heterocycles. The van der Waals surface area contributed by atoms with E-state index >= 15 is 0 Å². The Morgan fingerprint density at radius 2 is 2.00 bits per heavy atom. The number of H-pyrrole nitrogens is 1. The van der Waals surface area contributed by atoms with Gasteiger partial charge in [0.1, 0.15) is 5.82 Å². The zero-order chi connectivity index (χ0) is 18.5. The molecule has 0 unspecified atom stereocenters. The van der Waals surface area contributed by atoms with Crippen molar-refractivity contribution in [2.75, 3.05) is 6.54 Å². The topological polar surface area (TPSA) is 66.9 Å². The van der Waals surface area contributed by atoms with E-state index in [9.17, 15) is 14.0 Å². The van der Waals surface area contributed by atoms with Crippen molar-refractivity contribution in [3.05, 3.63) is 75.0 Å². The molecule has 0 atom stereocenters. The molecule has 5 nitrogen and oxygen atoms in total. The molecule has 0 aliphatic heterocycles. The standard InChI is InChI=1S/C19H18FN3O2S/c20-14-5-3-4-13(12-14)8-10-21-17(24)9-11-23-18(25)15-6-1-2-7-16(15)22-19(23)26/h1-7,12H,8-11H2,(H,21,24)(H,22,26). The van der Waals surface area contributed by atoms with Gasteiger partial charge in [-0.1, -0.05) is 24.3 Å². The van der Waals surface area contributed by atoms with Crippen molar-refractivity contribution in [1.29, 1.82) is 0 Å². The van der Waals surface area contributed by atoms with Crippen LogP contribution in [0.15, 0.2) is 53.3 Å². The highest BCUT2D eigenvalue weighted by molar-refractivity contribution is 7.71. The van der Waals surface area contributed by atoms with Crippen molar-refractivity contribution in [3.8, 4) is 0 Å². The van der Waals surface area contributed by atoms with E-state index in [0.29, 0.717) is 28.6 Å². The quantitative estimate of drug-likeness (QED) is 0.655. The van der Waals surface area contributed by atoms with E-state index in [1.807, 2.05) is 12.1 Å². The summed E-state index contributed by atoms with van der Waals surface area (Å²) in [5.41, 5.74) is 1.29. The normalized spacial score (nSPS) is 10.8. The molecule has 26 heavy (non-hydrogen) atoms. The number of aromatic amines is 1. The molecule has 134 valence electrons. The average Bonchev–Trinajstić information content (AvgIpc) is 2.61. The molecule has 0 fully saturated rings. The molecule has 3 aromatic rings. The van der Waals surface area contributed by atoms with E-state index in [-0.39, 0.29) is 30.2 Å². The number of amides is 1. The number of benzene rings is 2. The Labute approximate surface area is 154 Å². The molecule has 1 heterocycles. The maximum atomic E-state index is 13.1. The molecule has 0 aliphatic carbocycles. The lowest BCUT2D eigenvalue weighted by Crippen LogP contribution is -2.29. The molecule has 3 rings (SSSR count). The van der Waals surface area contributed by atoms with Crippen molar-refractivity contribution in [3.63, 3.8) is 0 Å². The molecule has 0 aliphatic rings. The van der Waals surface area contributed by atoms with Gasteiger partial charge in [-0.2, -0.15) is 0 Å². The van der Waals surface area contributed by atoms with Crippen molar-refractivity contribution in [1.82, 2.24) is 14.9 Å². The summed E-state index contributed by atoms with van der Waals surface area (Å²) in [7, 11) is 0. The van der Waals surface area contributed by atoms with Crippen LogP contribution in [0.5, 0.6) is 0 Å². The molecular weight excluding hydrogens is 353 g/mol. The fourth-order valence-corrected chi connectivity index (χ4v) is 3.03. The molecule has 0 spiro atoms. The summed E-state index contributed by atoms with van der Waals surface area (Å²) in [4.78, 5) is 27.5. The Balaban J connectivity index is 1.59. The number of nitrogens with one attached hydrogen (secondary N) is 2. The van der Waals surface area contributed by atoms with Gasteiger partial charge in [0.25, 0.3) is 5.56 Å². The highest BCUT2D eigenvalue weighted by Gasteiger charge is 2.08. The fourth-order valence-electron chi connectivity index (χ4n) is 2.74. The molecule has 0 saturated carbocycles. The second-order valence-corrected chi connectivity index (χ2v) is 6.30. The summed E-state index contributed by atoms with van der Waals surface area (Å²) < 4.78 is 14.8. The Morgan fingerprint density at radius 3 is 2.81 bits per heavy atom. The summed E-state index contributed by atoms with van der Waals surface area (Å²) in [5, 5.41) is 3.31. The highest BCUT2D eigenvalue weighted by atomic mass is 32.1. The summed E-state index contributed by atoms with van der Waals surface area (Å²) in [6.07, 6.45) is 0.679. The number of halogens is 1. The van der Waals surface area contributed by atoms with Crippen molar-refractivity contribution in [2.24, 2.45) is 0 Å². The van der Waals surface area contributed by atoms with Crippen LogP contribution >= 0.6 is 12.2 Å². The van der Waals surface area contributed by atoms with E-state index in [2.05, 4.69) is 10.3 Å². The lowest BCUT2D eigenvalue weighted by atomic mass is 10.1. The largest absolute Gasteiger partial charge is 0.356 e. The van der Waals surface area contributed by atoms with E-state index in [1.165, 1.54) is 16.7 Å². The van der Waals surface area contributed by atoms with Gasteiger partial charge < -0.3 is 10.3 Å². The van der Waals surface area contributed by atoms with E-state index < -0.39 is 0 Å². The molecular formula is C19H18FN3O2S. The number of carbonyl (C=O) groups is 1. The zero-order valence-electron chi connectivity index (χ0n) is 14.0. The lowest BCUT2D eigenvalue weighted by Gasteiger charge is -2.09. The van der Waals surface area contributed by atoms with Crippen LogP contribution in [0.4, 0.5) is 4.39 Å². The van der Waals surface area contributed by atoms with Crippen LogP contribution in [-0.4, -0.2) is 22.0 Å². The van der Waals surface area contributed by atoms with Crippen LogP contribution in [-0.2, 0) is 17.8 Å². The molecule has 0 radical (unpaired) electrons. The second-order valence-electron chi connectivity index (χ2n) is 5.91. The zero-order valence-corrected chi connectivity index (χ0v) is 14.8. The molecule has 7 heteroatoms. The maximum absolute atomic E-state index is 13.1. The van der Waals surface area contributed by atoms with E-state index in [0.717, 1.165) is 5.56 Å². The van der Waals surface area contributed by atoms with Gasteiger partial charge in [0.15, 0.2) is 4.77 Å². The van der Waals surface area contributed by atoms with Gasteiger partial charge in [-0.25, -0.2) is 4.39 Å². The monoisotopic (exact) mass is 371 g/mol. The number of carbonyl (C=O) groups excluding carboxylic acids is 1.